The summed E-state index contributed by atoms with van der Waals surface area (Å²) in [6, 6.07) is 14.1. The second-order valence-electron chi connectivity index (χ2n) is 5.38. The molecule has 120 valence electrons. The predicted molar refractivity (Wildman–Crippen MR) is 91.7 cm³/mol. The Hall–Kier alpha value is -2.66. The molecule has 0 fully saturated rings. The van der Waals surface area contributed by atoms with Crippen molar-refractivity contribution in [1.82, 2.24) is 5.32 Å². The second-order valence-corrected chi connectivity index (χ2v) is 5.38. The lowest BCUT2D eigenvalue weighted by molar-refractivity contribution is 0.0930. The quantitative estimate of drug-likeness (QED) is 0.487. The minimum absolute atomic E-state index is 0.0214. The van der Waals surface area contributed by atoms with Crippen LogP contribution in [-0.2, 0) is 0 Å². The van der Waals surface area contributed by atoms with Crippen LogP contribution >= 0.6 is 0 Å². The molecule has 0 saturated heterocycles. The van der Waals surface area contributed by atoms with Crippen LogP contribution in [-0.4, -0.2) is 23.3 Å². The SMILES string of the molecule is CC(=N)c1cc(C(=O)NC(CCO)c2ccccc2)ccc1N. The summed E-state index contributed by atoms with van der Waals surface area (Å²) in [4.78, 5) is 12.5. The van der Waals surface area contributed by atoms with Crippen LogP contribution in [0.5, 0.6) is 0 Å². The zero-order chi connectivity index (χ0) is 16.8. The van der Waals surface area contributed by atoms with Gasteiger partial charge in [0.2, 0.25) is 0 Å². The second kappa shape index (κ2) is 7.56. The van der Waals surface area contributed by atoms with Crippen molar-refractivity contribution >= 4 is 17.3 Å². The summed E-state index contributed by atoms with van der Waals surface area (Å²) in [5.74, 6) is -0.255. The van der Waals surface area contributed by atoms with Crippen molar-refractivity contribution in [2.24, 2.45) is 0 Å². The lowest BCUT2D eigenvalue weighted by Gasteiger charge is -2.18. The number of anilines is 1. The third-order valence-electron chi connectivity index (χ3n) is 3.64. The van der Waals surface area contributed by atoms with Crippen LogP contribution in [0.4, 0.5) is 5.69 Å². The zero-order valence-electron chi connectivity index (χ0n) is 13.0. The maximum atomic E-state index is 12.5. The highest BCUT2D eigenvalue weighted by molar-refractivity contribution is 6.04. The van der Waals surface area contributed by atoms with Crippen molar-refractivity contribution in [2.45, 2.75) is 19.4 Å². The summed E-state index contributed by atoms with van der Waals surface area (Å²) < 4.78 is 0. The third kappa shape index (κ3) is 4.17. The summed E-state index contributed by atoms with van der Waals surface area (Å²) in [6.07, 6.45) is 0.432. The molecule has 1 amide bonds. The van der Waals surface area contributed by atoms with E-state index in [1.807, 2.05) is 30.3 Å². The molecule has 5 nitrogen and oxygen atoms in total. The van der Waals surface area contributed by atoms with E-state index in [1.165, 1.54) is 0 Å². The van der Waals surface area contributed by atoms with Gasteiger partial charge in [-0.3, -0.25) is 4.79 Å². The highest BCUT2D eigenvalue weighted by Gasteiger charge is 2.16. The molecule has 1 atom stereocenters. The molecule has 5 heteroatoms. The molecule has 0 saturated carbocycles. The van der Waals surface area contributed by atoms with Crippen molar-refractivity contribution in [3.05, 3.63) is 65.2 Å². The summed E-state index contributed by atoms with van der Waals surface area (Å²) in [5.41, 5.74) is 8.55. The smallest absolute Gasteiger partial charge is 0.251 e. The van der Waals surface area contributed by atoms with Gasteiger partial charge in [0.15, 0.2) is 0 Å². The van der Waals surface area contributed by atoms with Crippen molar-refractivity contribution in [1.29, 1.82) is 5.41 Å². The van der Waals surface area contributed by atoms with E-state index in [0.29, 0.717) is 28.9 Å². The lowest BCUT2D eigenvalue weighted by atomic mass is 10.0. The normalized spacial score (nSPS) is 11.7. The van der Waals surface area contributed by atoms with Crippen LogP contribution in [0.15, 0.2) is 48.5 Å². The molecule has 23 heavy (non-hydrogen) atoms. The van der Waals surface area contributed by atoms with E-state index in [0.717, 1.165) is 5.56 Å². The fraction of sp³-hybridized carbons (Fsp3) is 0.222. The van der Waals surface area contributed by atoms with Crippen LogP contribution in [0.25, 0.3) is 0 Å². The molecule has 2 aromatic carbocycles. The number of aliphatic hydroxyl groups is 1. The molecule has 0 bridgehead atoms. The number of nitrogen functional groups attached to an aromatic ring is 1. The van der Waals surface area contributed by atoms with Gasteiger partial charge in [0, 0.05) is 29.1 Å². The van der Waals surface area contributed by atoms with Crippen molar-refractivity contribution < 1.29 is 9.90 Å². The molecule has 2 aromatic rings. The summed E-state index contributed by atoms with van der Waals surface area (Å²) >= 11 is 0. The Morgan fingerprint density at radius 3 is 2.57 bits per heavy atom. The maximum absolute atomic E-state index is 12.5. The minimum Gasteiger partial charge on any atom is -0.398 e. The third-order valence-corrected chi connectivity index (χ3v) is 3.64. The summed E-state index contributed by atoms with van der Waals surface area (Å²) in [7, 11) is 0. The van der Waals surface area contributed by atoms with E-state index in [4.69, 9.17) is 11.1 Å². The van der Waals surface area contributed by atoms with Gasteiger partial charge in [0.1, 0.15) is 0 Å². The molecule has 0 aliphatic carbocycles. The van der Waals surface area contributed by atoms with Gasteiger partial charge in [-0.2, -0.15) is 0 Å². The largest absolute Gasteiger partial charge is 0.398 e. The fourth-order valence-electron chi connectivity index (χ4n) is 2.40. The average Bonchev–Trinajstić information content (AvgIpc) is 2.55. The van der Waals surface area contributed by atoms with E-state index in [1.54, 1.807) is 25.1 Å². The van der Waals surface area contributed by atoms with Gasteiger partial charge in [0.25, 0.3) is 5.91 Å². The number of benzene rings is 2. The minimum atomic E-state index is -0.268. The first-order valence-corrected chi connectivity index (χ1v) is 7.44. The van der Waals surface area contributed by atoms with Gasteiger partial charge in [-0.15, -0.1) is 0 Å². The van der Waals surface area contributed by atoms with Gasteiger partial charge in [-0.25, -0.2) is 0 Å². The monoisotopic (exact) mass is 311 g/mol. The summed E-state index contributed by atoms with van der Waals surface area (Å²) in [6.45, 7) is 1.61. The molecule has 0 aromatic heterocycles. The van der Waals surface area contributed by atoms with Crippen LogP contribution in [0.1, 0.15) is 40.9 Å². The zero-order valence-corrected chi connectivity index (χ0v) is 13.0. The molecule has 5 N–H and O–H groups in total. The van der Waals surface area contributed by atoms with Crippen LogP contribution < -0.4 is 11.1 Å². The Balaban J connectivity index is 2.22. The number of carbonyl (C=O) groups is 1. The Morgan fingerprint density at radius 1 is 1.26 bits per heavy atom. The van der Waals surface area contributed by atoms with E-state index >= 15 is 0 Å². The number of amides is 1. The lowest BCUT2D eigenvalue weighted by Crippen LogP contribution is -2.29. The molecule has 0 heterocycles. The Morgan fingerprint density at radius 2 is 1.96 bits per heavy atom. The van der Waals surface area contributed by atoms with Crippen molar-refractivity contribution in [3.8, 4) is 0 Å². The van der Waals surface area contributed by atoms with Gasteiger partial charge >= 0.3 is 0 Å². The average molecular weight is 311 g/mol. The molecular formula is C18H21N3O2. The van der Waals surface area contributed by atoms with Crippen molar-refractivity contribution in [2.75, 3.05) is 12.3 Å². The maximum Gasteiger partial charge on any atom is 0.251 e. The Labute approximate surface area is 135 Å². The summed E-state index contributed by atoms with van der Waals surface area (Å²) in [5, 5.41) is 19.9. The number of aliphatic hydroxyl groups excluding tert-OH is 1. The van der Waals surface area contributed by atoms with E-state index in [9.17, 15) is 9.90 Å². The van der Waals surface area contributed by atoms with Crippen LogP contribution in [0.3, 0.4) is 0 Å². The molecule has 1 unspecified atom stereocenters. The van der Waals surface area contributed by atoms with Gasteiger partial charge in [-0.1, -0.05) is 30.3 Å². The Kier molecular flexibility index (Phi) is 5.49. The number of hydrogen-bond donors (Lipinski definition) is 4. The number of rotatable bonds is 6. The Bertz CT molecular complexity index is 699. The van der Waals surface area contributed by atoms with Gasteiger partial charge in [0.05, 0.1) is 6.04 Å². The number of nitrogens with one attached hydrogen (secondary N) is 2. The fourth-order valence-corrected chi connectivity index (χ4v) is 2.40. The van der Waals surface area contributed by atoms with Gasteiger partial charge in [-0.05, 0) is 37.1 Å². The number of hydrogen-bond acceptors (Lipinski definition) is 4. The molecule has 2 rings (SSSR count). The highest BCUT2D eigenvalue weighted by Crippen LogP contribution is 2.19. The first-order valence-electron chi connectivity index (χ1n) is 7.44. The number of nitrogens with two attached hydrogens (primary N) is 1. The van der Waals surface area contributed by atoms with E-state index < -0.39 is 0 Å². The molecule has 0 radical (unpaired) electrons. The molecule has 0 aliphatic rings. The van der Waals surface area contributed by atoms with E-state index in [-0.39, 0.29) is 18.6 Å². The molecule has 0 aliphatic heterocycles. The first-order chi connectivity index (χ1) is 11.0. The van der Waals surface area contributed by atoms with Gasteiger partial charge < -0.3 is 21.6 Å². The standard InChI is InChI=1S/C18H21N3O2/c1-12(19)15-11-14(7-8-16(15)20)18(23)21-17(9-10-22)13-5-3-2-4-6-13/h2-8,11,17,19,22H,9-10,20H2,1H3,(H,21,23). The first kappa shape index (κ1) is 16.7. The predicted octanol–water partition coefficient (Wildman–Crippen LogP) is 2.51. The van der Waals surface area contributed by atoms with E-state index in [2.05, 4.69) is 5.32 Å². The molecular weight excluding hydrogens is 290 g/mol. The molecule has 0 spiro atoms. The highest BCUT2D eigenvalue weighted by atomic mass is 16.3. The van der Waals surface area contributed by atoms with Crippen LogP contribution in [0.2, 0.25) is 0 Å². The van der Waals surface area contributed by atoms with Crippen LogP contribution in [0, 0.1) is 5.41 Å². The van der Waals surface area contributed by atoms with Crippen molar-refractivity contribution in [3.63, 3.8) is 0 Å². The number of carbonyl (C=O) groups excluding carboxylic acids is 1. The topological polar surface area (TPSA) is 99.2 Å².